The van der Waals surface area contributed by atoms with Crippen LogP contribution in [0.15, 0.2) is 72.8 Å². The molecule has 3 aromatic rings. The van der Waals surface area contributed by atoms with Crippen molar-refractivity contribution in [3.8, 4) is 5.75 Å². The van der Waals surface area contributed by atoms with Crippen LogP contribution in [0.4, 0.5) is 0 Å². The summed E-state index contributed by atoms with van der Waals surface area (Å²) in [5.41, 5.74) is 6.08. The number of amides is 2. The predicted molar refractivity (Wildman–Crippen MR) is 138 cm³/mol. The van der Waals surface area contributed by atoms with Crippen molar-refractivity contribution in [2.45, 2.75) is 13.3 Å². The Morgan fingerprint density at radius 1 is 0.943 bits per heavy atom. The second-order valence-electron chi connectivity index (χ2n) is 7.34. The highest BCUT2D eigenvalue weighted by Gasteiger charge is 2.08. The highest BCUT2D eigenvalue weighted by Crippen LogP contribution is 2.19. The third-order valence-corrected chi connectivity index (χ3v) is 4.89. The van der Waals surface area contributed by atoms with Crippen molar-refractivity contribution in [1.29, 1.82) is 0 Å². The number of carbonyl (C=O) groups is 3. The number of nitrogens with one attached hydrogen (secondary N) is 3. The molecule has 180 valence electrons. The van der Waals surface area contributed by atoms with Gasteiger partial charge in [0.05, 0.1) is 12.2 Å². The topological polar surface area (TPSA) is 106 Å². The molecule has 0 saturated heterocycles. The van der Waals surface area contributed by atoms with Gasteiger partial charge in [0.2, 0.25) is 5.91 Å². The molecule has 0 aliphatic carbocycles. The molecule has 0 aliphatic rings. The summed E-state index contributed by atoms with van der Waals surface area (Å²) >= 11 is 5.03. The van der Waals surface area contributed by atoms with E-state index in [-0.39, 0.29) is 11.7 Å². The summed E-state index contributed by atoms with van der Waals surface area (Å²) in [6.07, 6.45) is 3.80. The number of esters is 1. The lowest BCUT2D eigenvalue weighted by Crippen LogP contribution is -2.49. The lowest BCUT2D eigenvalue weighted by atomic mass is 10.0. The molecule has 0 aliphatic heterocycles. The van der Waals surface area contributed by atoms with Crippen molar-refractivity contribution >= 4 is 52.0 Å². The summed E-state index contributed by atoms with van der Waals surface area (Å²) in [5, 5.41) is 4.48. The fourth-order valence-electron chi connectivity index (χ4n) is 3.02. The molecule has 0 heterocycles. The first-order valence-corrected chi connectivity index (χ1v) is 11.3. The zero-order chi connectivity index (χ0) is 25.0. The average molecular weight is 492 g/mol. The Morgan fingerprint density at radius 2 is 1.69 bits per heavy atom. The number of benzene rings is 3. The first kappa shape index (κ1) is 25.4. The maximum atomic E-state index is 12.2. The predicted octanol–water partition coefficient (Wildman–Crippen LogP) is 3.52. The first-order valence-electron chi connectivity index (χ1n) is 10.9. The summed E-state index contributed by atoms with van der Waals surface area (Å²) < 4.78 is 10.4. The van der Waals surface area contributed by atoms with Gasteiger partial charge in [-0.25, -0.2) is 4.79 Å². The van der Waals surface area contributed by atoms with Crippen molar-refractivity contribution in [2.75, 3.05) is 13.2 Å². The van der Waals surface area contributed by atoms with E-state index in [9.17, 15) is 14.4 Å². The fourth-order valence-corrected chi connectivity index (χ4v) is 3.17. The van der Waals surface area contributed by atoms with Crippen LogP contribution in [0.2, 0.25) is 0 Å². The second-order valence-corrected chi connectivity index (χ2v) is 7.75. The van der Waals surface area contributed by atoms with Crippen LogP contribution in [-0.4, -0.2) is 36.1 Å². The van der Waals surface area contributed by atoms with E-state index in [1.54, 1.807) is 30.3 Å². The van der Waals surface area contributed by atoms with Crippen molar-refractivity contribution < 1.29 is 23.9 Å². The zero-order valence-corrected chi connectivity index (χ0v) is 19.9. The van der Waals surface area contributed by atoms with Crippen LogP contribution in [0.5, 0.6) is 5.75 Å². The number of carbonyl (C=O) groups excluding carboxylic acids is 3. The summed E-state index contributed by atoms with van der Waals surface area (Å²) in [6.45, 7) is 1.96. The third-order valence-electron chi connectivity index (χ3n) is 4.69. The molecule has 0 radical (unpaired) electrons. The molecular weight excluding hydrogens is 466 g/mol. The van der Waals surface area contributed by atoms with Gasteiger partial charge in [-0.3, -0.25) is 25.8 Å². The van der Waals surface area contributed by atoms with Crippen LogP contribution >= 0.6 is 12.2 Å². The zero-order valence-electron chi connectivity index (χ0n) is 19.1. The lowest BCUT2D eigenvalue weighted by molar-refractivity contribution is -0.123. The molecule has 3 aromatic carbocycles. The number of rotatable bonds is 8. The smallest absolute Gasteiger partial charge is 0.338 e. The number of hydrazine groups is 1. The molecule has 0 spiro atoms. The number of thiocarbonyl (C=S) groups is 1. The Labute approximate surface area is 208 Å². The molecule has 35 heavy (non-hydrogen) atoms. The minimum absolute atomic E-state index is 0.0686. The Kier molecular flexibility index (Phi) is 9.32. The number of ether oxygens (including phenoxy) is 2. The molecule has 9 heteroatoms. The van der Waals surface area contributed by atoms with Crippen molar-refractivity contribution in [3.05, 3.63) is 83.9 Å². The van der Waals surface area contributed by atoms with Gasteiger partial charge in [-0.05, 0) is 65.3 Å². The van der Waals surface area contributed by atoms with Crippen LogP contribution in [0.1, 0.15) is 29.3 Å². The first-order chi connectivity index (χ1) is 17.0. The highest BCUT2D eigenvalue weighted by atomic mass is 32.1. The molecule has 2 amide bonds. The van der Waals surface area contributed by atoms with Gasteiger partial charge in [-0.15, -0.1) is 0 Å². The lowest BCUT2D eigenvalue weighted by Gasteiger charge is -2.11. The summed E-state index contributed by atoms with van der Waals surface area (Å²) in [7, 11) is 0. The molecule has 8 nitrogen and oxygen atoms in total. The van der Waals surface area contributed by atoms with E-state index in [2.05, 4.69) is 16.2 Å². The highest BCUT2D eigenvalue weighted by molar-refractivity contribution is 7.80. The number of hydrogen-bond acceptors (Lipinski definition) is 6. The van der Waals surface area contributed by atoms with E-state index in [0.717, 1.165) is 22.8 Å². The molecule has 3 rings (SSSR count). The Balaban J connectivity index is 1.40. The van der Waals surface area contributed by atoms with Gasteiger partial charge in [0.15, 0.2) is 11.7 Å². The van der Waals surface area contributed by atoms with Gasteiger partial charge in [0, 0.05) is 6.08 Å². The fraction of sp³-hybridized carbons (Fsp3) is 0.154. The maximum absolute atomic E-state index is 12.2. The van der Waals surface area contributed by atoms with E-state index >= 15 is 0 Å². The minimum atomic E-state index is -0.515. The summed E-state index contributed by atoms with van der Waals surface area (Å²) in [4.78, 5) is 35.9. The van der Waals surface area contributed by atoms with Crippen LogP contribution in [0.25, 0.3) is 16.8 Å². The quantitative estimate of drug-likeness (QED) is 0.192. The largest absolute Gasteiger partial charge is 0.484 e. The van der Waals surface area contributed by atoms with E-state index in [1.807, 2.05) is 49.4 Å². The third kappa shape index (κ3) is 7.94. The molecule has 0 bridgehead atoms. The van der Waals surface area contributed by atoms with Crippen LogP contribution in [0.3, 0.4) is 0 Å². The molecule has 0 atom stereocenters. The van der Waals surface area contributed by atoms with Gasteiger partial charge < -0.3 is 9.47 Å². The standard InChI is InChI=1S/C26H25N3O5S/c1-2-16-33-25(32)20-10-13-21(14-11-20)34-17-24(31)28-29-26(35)27-23(30)15-12-19-8-5-7-18-6-3-4-9-22(18)19/h3-15H,2,16-17H2,1H3,(H,28,31)(H2,27,29,30,35)/b15-12+. The van der Waals surface area contributed by atoms with Gasteiger partial charge >= 0.3 is 5.97 Å². The van der Waals surface area contributed by atoms with E-state index in [1.165, 1.54) is 6.08 Å². The van der Waals surface area contributed by atoms with E-state index < -0.39 is 17.8 Å². The molecular formula is C26H25N3O5S. The van der Waals surface area contributed by atoms with Gasteiger partial charge in [0.1, 0.15) is 5.75 Å². The van der Waals surface area contributed by atoms with Gasteiger partial charge in [-0.1, -0.05) is 49.4 Å². The molecule has 0 aromatic heterocycles. The molecule has 0 saturated carbocycles. The number of hydrogen-bond donors (Lipinski definition) is 3. The normalized spacial score (nSPS) is 10.5. The summed E-state index contributed by atoms with van der Waals surface area (Å²) in [5.74, 6) is -0.970. The number of fused-ring (bicyclic) bond motifs is 1. The van der Waals surface area contributed by atoms with E-state index in [0.29, 0.717) is 17.9 Å². The summed E-state index contributed by atoms with van der Waals surface area (Å²) in [6, 6.07) is 19.9. The van der Waals surface area contributed by atoms with Crippen LogP contribution in [0, 0.1) is 0 Å². The van der Waals surface area contributed by atoms with Crippen molar-refractivity contribution in [2.24, 2.45) is 0 Å². The maximum Gasteiger partial charge on any atom is 0.338 e. The Hall–Kier alpha value is -4.24. The Bertz CT molecular complexity index is 1240. The second kappa shape index (κ2) is 12.9. The van der Waals surface area contributed by atoms with Gasteiger partial charge in [0.25, 0.3) is 5.91 Å². The molecule has 0 fully saturated rings. The van der Waals surface area contributed by atoms with Crippen LogP contribution < -0.4 is 20.9 Å². The van der Waals surface area contributed by atoms with Crippen molar-refractivity contribution in [1.82, 2.24) is 16.2 Å². The van der Waals surface area contributed by atoms with E-state index in [4.69, 9.17) is 21.7 Å². The average Bonchev–Trinajstić information content (AvgIpc) is 2.88. The Morgan fingerprint density at radius 3 is 2.46 bits per heavy atom. The van der Waals surface area contributed by atoms with Crippen LogP contribution in [-0.2, 0) is 14.3 Å². The SMILES string of the molecule is CCCOC(=O)c1ccc(OCC(=O)NNC(=S)NC(=O)/C=C/c2cccc3ccccc23)cc1. The molecule has 3 N–H and O–H groups in total. The molecule has 0 unspecified atom stereocenters. The van der Waals surface area contributed by atoms with Gasteiger partial charge in [-0.2, -0.15) is 0 Å². The minimum Gasteiger partial charge on any atom is -0.484 e. The monoisotopic (exact) mass is 491 g/mol. The van der Waals surface area contributed by atoms with Crippen molar-refractivity contribution in [3.63, 3.8) is 0 Å².